The summed E-state index contributed by atoms with van der Waals surface area (Å²) in [5.41, 5.74) is 3.08. The number of carbonyl (C=O) groups is 1. The molecule has 0 saturated heterocycles. The SMILES string of the molecule is CC.O=C1c2c(Br)cccc2CN1Cc1ccccc1. The van der Waals surface area contributed by atoms with Crippen LogP contribution in [0.15, 0.2) is 53.0 Å². The van der Waals surface area contributed by atoms with Crippen LogP contribution in [0.3, 0.4) is 0 Å². The Morgan fingerprint density at radius 2 is 1.75 bits per heavy atom. The summed E-state index contributed by atoms with van der Waals surface area (Å²) in [4.78, 5) is 14.2. The minimum atomic E-state index is 0.112. The third-order valence-electron chi connectivity index (χ3n) is 3.18. The summed E-state index contributed by atoms with van der Waals surface area (Å²) in [6, 6.07) is 16.0. The van der Waals surface area contributed by atoms with Gasteiger partial charge in [-0.25, -0.2) is 0 Å². The molecule has 0 spiro atoms. The van der Waals surface area contributed by atoms with Gasteiger partial charge in [0.05, 0.1) is 5.56 Å². The highest BCUT2D eigenvalue weighted by molar-refractivity contribution is 9.10. The van der Waals surface area contributed by atoms with Gasteiger partial charge in [0.1, 0.15) is 0 Å². The third-order valence-corrected chi connectivity index (χ3v) is 3.84. The summed E-state index contributed by atoms with van der Waals surface area (Å²) in [7, 11) is 0. The highest BCUT2D eigenvalue weighted by atomic mass is 79.9. The van der Waals surface area contributed by atoms with Crippen molar-refractivity contribution in [1.82, 2.24) is 4.90 Å². The van der Waals surface area contributed by atoms with E-state index in [-0.39, 0.29) is 5.91 Å². The normalized spacial score (nSPS) is 12.8. The molecular weight excluding hydrogens is 314 g/mol. The first-order valence-corrected chi connectivity index (χ1v) is 7.65. The molecule has 2 aromatic carbocycles. The molecule has 104 valence electrons. The molecule has 1 heterocycles. The van der Waals surface area contributed by atoms with Crippen molar-refractivity contribution in [3.8, 4) is 0 Å². The van der Waals surface area contributed by atoms with Crippen LogP contribution in [0.25, 0.3) is 0 Å². The maximum absolute atomic E-state index is 12.3. The average molecular weight is 332 g/mol. The Morgan fingerprint density at radius 1 is 1.05 bits per heavy atom. The van der Waals surface area contributed by atoms with Crippen LogP contribution in [0.1, 0.15) is 35.3 Å². The Hall–Kier alpha value is -1.61. The van der Waals surface area contributed by atoms with E-state index in [4.69, 9.17) is 0 Å². The van der Waals surface area contributed by atoms with E-state index in [0.717, 1.165) is 21.2 Å². The Kier molecular flexibility index (Phi) is 4.96. The molecule has 0 aromatic heterocycles. The third kappa shape index (κ3) is 2.93. The zero-order valence-corrected chi connectivity index (χ0v) is 13.4. The highest BCUT2D eigenvalue weighted by Gasteiger charge is 2.28. The number of carbonyl (C=O) groups excluding carboxylic acids is 1. The standard InChI is InChI=1S/C15H12BrNO.C2H6/c16-13-8-4-7-12-10-17(15(18)14(12)13)9-11-5-2-1-3-6-11;1-2/h1-8H,9-10H2;1-2H3. The van der Waals surface area contributed by atoms with Crippen molar-refractivity contribution < 1.29 is 4.79 Å². The molecule has 0 aliphatic carbocycles. The molecule has 2 aromatic rings. The number of benzene rings is 2. The Morgan fingerprint density at radius 3 is 2.40 bits per heavy atom. The van der Waals surface area contributed by atoms with E-state index in [1.807, 2.05) is 67.3 Å². The lowest BCUT2D eigenvalue weighted by molar-refractivity contribution is 0.0766. The maximum atomic E-state index is 12.3. The van der Waals surface area contributed by atoms with Gasteiger partial charge in [0.2, 0.25) is 0 Å². The molecule has 0 N–H and O–H groups in total. The topological polar surface area (TPSA) is 20.3 Å². The number of fused-ring (bicyclic) bond motifs is 1. The molecule has 0 fully saturated rings. The van der Waals surface area contributed by atoms with Crippen LogP contribution in [0.5, 0.6) is 0 Å². The quantitative estimate of drug-likeness (QED) is 0.785. The van der Waals surface area contributed by atoms with Crippen molar-refractivity contribution in [3.63, 3.8) is 0 Å². The smallest absolute Gasteiger partial charge is 0.255 e. The van der Waals surface area contributed by atoms with Crippen LogP contribution in [-0.4, -0.2) is 10.8 Å². The summed E-state index contributed by atoms with van der Waals surface area (Å²) < 4.78 is 0.889. The van der Waals surface area contributed by atoms with Gasteiger partial charge >= 0.3 is 0 Å². The second kappa shape index (κ2) is 6.71. The highest BCUT2D eigenvalue weighted by Crippen LogP contribution is 2.30. The molecule has 3 rings (SSSR count). The maximum Gasteiger partial charge on any atom is 0.255 e. The molecule has 2 nitrogen and oxygen atoms in total. The zero-order valence-electron chi connectivity index (χ0n) is 11.8. The van der Waals surface area contributed by atoms with E-state index in [9.17, 15) is 4.79 Å². The van der Waals surface area contributed by atoms with E-state index in [1.165, 1.54) is 0 Å². The molecule has 0 radical (unpaired) electrons. The van der Waals surface area contributed by atoms with Crippen molar-refractivity contribution in [1.29, 1.82) is 0 Å². The Bertz CT molecular complexity index is 595. The molecule has 20 heavy (non-hydrogen) atoms. The van der Waals surface area contributed by atoms with Gasteiger partial charge in [-0.05, 0) is 33.1 Å². The summed E-state index contributed by atoms with van der Waals surface area (Å²) in [6.07, 6.45) is 0. The Labute approximate surface area is 128 Å². The van der Waals surface area contributed by atoms with Gasteiger partial charge in [0.25, 0.3) is 5.91 Å². The van der Waals surface area contributed by atoms with E-state index in [1.54, 1.807) is 0 Å². The minimum absolute atomic E-state index is 0.112. The number of amides is 1. The van der Waals surface area contributed by atoms with Crippen LogP contribution in [0.4, 0.5) is 0 Å². The minimum Gasteiger partial charge on any atom is -0.330 e. The number of rotatable bonds is 2. The fraction of sp³-hybridized carbons (Fsp3) is 0.235. The summed E-state index contributed by atoms with van der Waals surface area (Å²) in [5, 5.41) is 0. The lowest BCUT2D eigenvalue weighted by Gasteiger charge is -2.15. The van der Waals surface area contributed by atoms with Gasteiger partial charge in [-0.3, -0.25) is 4.79 Å². The van der Waals surface area contributed by atoms with Gasteiger partial charge in [-0.2, -0.15) is 0 Å². The van der Waals surface area contributed by atoms with E-state index in [2.05, 4.69) is 15.9 Å². The van der Waals surface area contributed by atoms with Gasteiger partial charge in [-0.1, -0.05) is 56.3 Å². The van der Waals surface area contributed by atoms with Crippen LogP contribution in [0, 0.1) is 0 Å². The van der Waals surface area contributed by atoms with E-state index in [0.29, 0.717) is 13.1 Å². The van der Waals surface area contributed by atoms with Gasteiger partial charge < -0.3 is 4.90 Å². The molecular formula is C17H18BrNO. The second-order valence-electron chi connectivity index (χ2n) is 4.42. The number of hydrogen-bond donors (Lipinski definition) is 0. The molecule has 1 aliphatic rings. The van der Waals surface area contributed by atoms with Gasteiger partial charge in [-0.15, -0.1) is 0 Å². The van der Waals surface area contributed by atoms with Crippen molar-refractivity contribution in [2.24, 2.45) is 0 Å². The van der Waals surface area contributed by atoms with E-state index < -0.39 is 0 Å². The average Bonchev–Trinajstić information content (AvgIpc) is 2.80. The second-order valence-corrected chi connectivity index (χ2v) is 5.28. The fourth-order valence-corrected chi connectivity index (χ4v) is 2.88. The molecule has 0 atom stereocenters. The lowest BCUT2D eigenvalue weighted by Crippen LogP contribution is -2.23. The first-order chi connectivity index (χ1) is 9.75. The molecule has 0 bridgehead atoms. The lowest BCUT2D eigenvalue weighted by atomic mass is 10.1. The predicted octanol–water partition coefficient (Wildman–Crippen LogP) is 4.63. The Balaban J connectivity index is 0.000000704. The molecule has 3 heteroatoms. The first kappa shape index (κ1) is 14.8. The van der Waals surface area contributed by atoms with Gasteiger partial charge in [0, 0.05) is 17.6 Å². The number of nitrogens with zero attached hydrogens (tertiary/aromatic N) is 1. The summed E-state index contributed by atoms with van der Waals surface area (Å²) in [5.74, 6) is 0.112. The van der Waals surface area contributed by atoms with Crippen molar-refractivity contribution in [3.05, 3.63) is 69.7 Å². The molecule has 1 aliphatic heterocycles. The van der Waals surface area contributed by atoms with Crippen LogP contribution in [0.2, 0.25) is 0 Å². The van der Waals surface area contributed by atoms with Crippen LogP contribution in [-0.2, 0) is 13.1 Å². The van der Waals surface area contributed by atoms with Crippen molar-refractivity contribution in [2.45, 2.75) is 26.9 Å². The molecule has 0 unspecified atom stereocenters. The first-order valence-electron chi connectivity index (χ1n) is 6.86. The van der Waals surface area contributed by atoms with E-state index >= 15 is 0 Å². The van der Waals surface area contributed by atoms with Gasteiger partial charge in [0.15, 0.2) is 0 Å². The van der Waals surface area contributed by atoms with Crippen LogP contribution >= 0.6 is 15.9 Å². The van der Waals surface area contributed by atoms with Crippen LogP contribution < -0.4 is 0 Å². The largest absolute Gasteiger partial charge is 0.330 e. The monoisotopic (exact) mass is 331 g/mol. The number of hydrogen-bond acceptors (Lipinski definition) is 1. The summed E-state index contributed by atoms with van der Waals surface area (Å²) in [6.45, 7) is 5.36. The van der Waals surface area contributed by atoms with Crippen molar-refractivity contribution in [2.75, 3.05) is 0 Å². The van der Waals surface area contributed by atoms with Crippen molar-refractivity contribution >= 4 is 21.8 Å². The number of halogens is 1. The molecule has 1 amide bonds. The predicted molar refractivity (Wildman–Crippen MR) is 85.5 cm³/mol. The fourth-order valence-electron chi connectivity index (χ4n) is 2.31. The zero-order chi connectivity index (χ0) is 14.5. The summed E-state index contributed by atoms with van der Waals surface area (Å²) >= 11 is 3.45. The molecule has 0 saturated carbocycles.